The lowest BCUT2D eigenvalue weighted by Gasteiger charge is -2.19. The van der Waals surface area contributed by atoms with E-state index in [-0.39, 0.29) is 5.95 Å². The first-order chi connectivity index (χ1) is 10.0. The first kappa shape index (κ1) is 15.5. The molecule has 0 aliphatic heterocycles. The molecule has 7 heteroatoms. The smallest absolute Gasteiger partial charge is 0.233 e. The van der Waals surface area contributed by atoms with Gasteiger partial charge in [0, 0.05) is 23.2 Å². The summed E-state index contributed by atoms with van der Waals surface area (Å²) in [4.78, 5) is 14.8. The Labute approximate surface area is 132 Å². The van der Waals surface area contributed by atoms with Gasteiger partial charge in [-0.15, -0.1) is 0 Å². The van der Waals surface area contributed by atoms with Crippen molar-refractivity contribution in [2.45, 2.75) is 20.8 Å². The van der Waals surface area contributed by atoms with Crippen molar-refractivity contribution < 1.29 is 0 Å². The fraction of sp³-hybridized carbons (Fsp3) is 0.357. The highest BCUT2D eigenvalue weighted by Crippen LogP contribution is 2.23. The second kappa shape index (κ2) is 6.71. The van der Waals surface area contributed by atoms with E-state index in [4.69, 9.17) is 5.73 Å². The summed E-state index contributed by atoms with van der Waals surface area (Å²) in [5.41, 5.74) is 7.83. The lowest BCUT2D eigenvalue weighted by atomic mass is 10.2. The van der Waals surface area contributed by atoms with Gasteiger partial charge in [0.15, 0.2) is 0 Å². The van der Waals surface area contributed by atoms with Gasteiger partial charge in [0.05, 0.1) is 0 Å². The molecule has 3 N–H and O–H groups in total. The molecule has 112 valence electrons. The molecule has 0 saturated heterocycles. The quantitative estimate of drug-likeness (QED) is 0.862. The number of halogens is 1. The molecule has 0 radical (unpaired) electrons. The van der Waals surface area contributed by atoms with Gasteiger partial charge in [0.1, 0.15) is 0 Å². The van der Waals surface area contributed by atoms with Crippen LogP contribution in [0, 0.1) is 6.92 Å². The molecule has 2 rings (SSSR count). The second-order valence-electron chi connectivity index (χ2n) is 4.58. The van der Waals surface area contributed by atoms with E-state index in [1.54, 1.807) is 0 Å². The molecule has 1 heterocycles. The van der Waals surface area contributed by atoms with Crippen molar-refractivity contribution in [1.29, 1.82) is 0 Å². The number of aryl methyl sites for hydroxylation is 1. The molecule has 2 aromatic rings. The van der Waals surface area contributed by atoms with E-state index in [0.717, 1.165) is 23.2 Å². The molecule has 0 saturated carbocycles. The van der Waals surface area contributed by atoms with Crippen molar-refractivity contribution in [3.05, 3.63) is 28.2 Å². The van der Waals surface area contributed by atoms with Gasteiger partial charge in [-0.05, 0) is 38.5 Å². The van der Waals surface area contributed by atoms with E-state index in [1.165, 1.54) is 5.56 Å². The molecule has 0 fully saturated rings. The summed E-state index contributed by atoms with van der Waals surface area (Å²) >= 11 is 3.51. The van der Waals surface area contributed by atoms with Gasteiger partial charge in [-0.3, -0.25) is 0 Å². The van der Waals surface area contributed by atoms with Crippen LogP contribution in [0.4, 0.5) is 23.5 Å². The van der Waals surface area contributed by atoms with E-state index >= 15 is 0 Å². The SMILES string of the molecule is CCN(CC)c1nc(N)nc(Nc2ccc(C)c(Br)c2)n1. The van der Waals surface area contributed by atoms with Gasteiger partial charge >= 0.3 is 0 Å². The maximum Gasteiger partial charge on any atom is 0.233 e. The molecule has 21 heavy (non-hydrogen) atoms. The highest BCUT2D eigenvalue weighted by molar-refractivity contribution is 9.10. The van der Waals surface area contributed by atoms with Crippen LogP contribution in [-0.4, -0.2) is 28.0 Å². The number of rotatable bonds is 5. The van der Waals surface area contributed by atoms with Crippen LogP contribution in [0.5, 0.6) is 0 Å². The Morgan fingerprint density at radius 3 is 2.52 bits per heavy atom. The Balaban J connectivity index is 2.29. The fourth-order valence-corrected chi connectivity index (χ4v) is 2.26. The molecule has 0 atom stereocenters. The van der Waals surface area contributed by atoms with E-state index in [9.17, 15) is 0 Å². The molecule has 0 unspecified atom stereocenters. The summed E-state index contributed by atoms with van der Waals surface area (Å²) in [6.45, 7) is 7.76. The van der Waals surface area contributed by atoms with Crippen molar-refractivity contribution in [3.63, 3.8) is 0 Å². The minimum absolute atomic E-state index is 0.209. The zero-order chi connectivity index (χ0) is 15.4. The topological polar surface area (TPSA) is 80.0 Å². The molecule has 0 spiro atoms. The number of nitrogens with two attached hydrogens (primary N) is 1. The third-order valence-corrected chi connectivity index (χ3v) is 3.97. The first-order valence-electron chi connectivity index (χ1n) is 6.83. The van der Waals surface area contributed by atoms with Gasteiger partial charge in [-0.1, -0.05) is 22.0 Å². The lowest BCUT2D eigenvalue weighted by Crippen LogP contribution is -2.25. The Morgan fingerprint density at radius 2 is 1.90 bits per heavy atom. The molecular formula is C14H19BrN6. The number of hydrogen-bond acceptors (Lipinski definition) is 6. The van der Waals surface area contributed by atoms with Crippen LogP contribution in [0.3, 0.4) is 0 Å². The Bertz CT molecular complexity index is 627. The van der Waals surface area contributed by atoms with Crippen LogP contribution in [0.1, 0.15) is 19.4 Å². The second-order valence-corrected chi connectivity index (χ2v) is 5.43. The molecule has 0 bridgehead atoms. The third kappa shape index (κ3) is 3.81. The van der Waals surface area contributed by atoms with Crippen molar-refractivity contribution in [3.8, 4) is 0 Å². The summed E-state index contributed by atoms with van der Waals surface area (Å²) in [6.07, 6.45) is 0. The van der Waals surface area contributed by atoms with Crippen LogP contribution in [0.25, 0.3) is 0 Å². The van der Waals surface area contributed by atoms with Crippen LogP contribution >= 0.6 is 15.9 Å². The van der Waals surface area contributed by atoms with E-state index in [1.807, 2.05) is 43.9 Å². The Morgan fingerprint density at radius 1 is 1.19 bits per heavy atom. The standard InChI is InChI=1S/C14H19BrN6/c1-4-21(5-2)14-19-12(16)18-13(20-14)17-10-7-6-9(3)11(15)8-10/h6-8H,4-5H2,1-3H3,(H3,16,17,18,19,20). The minimum atomic E-state index is 0.209. The summed E-state index contributed by atoms with van der Waals surface area (Å²) in [5, 5.41) is 3.16. The normalized spacial score (nSPS) is 10.5. The number of benzene rings is 1. The summed E-state index contributed by atoms with van der Waals surface area (Å²) in [7, 11) is 0. The largest absolute Gasteiger partial charge is 0.368 e. The summed E-state index contributed by atoms with van der Waals surface area (Å²) in [5.74, 6) is 1.24. The number of nitrogen functional groups attached to an aromatic ring is 1. The van der Waals surface area contributed by atoms with E-state index in [2.05, 4.69) is 36.2 Å². The van der Waals surface area contributed by atoms with Crippen LogP contribution in [0.2, 0.25) is 0 Å². The molecule has 1 aromatic carbocycles. The van der Waals surface area contributed by atoms with Gasteiger partial charge < -0.3 is 16.0 Å². The molecule has 0 aliphatic carbocycles. The molecular weight excluding hydrogens is 332 g/mol. The number of anilines is 4. The average molecular weight is 351 g/mol. The Hall–Kier alpha value is -1.89. The lowest BCUT2D eigenvalue weighted by molar-refractivity contribution is 0.816. The minimum Gasteiger partial charge on any atom is -0.368 e. The highest BCUT2D eigenvalue weighted by Gasteiger charge is 2.10. The van der Waals surface area contributed by atoms with Crippen LogP contribution in [-0.2, 0) is 0 Å². The van der Waals surface area contributed by atoms with Gasteiger partial charge in [-0.2, -0.15) is 15.0 Å². The van der Waals surface area contributed by atoms with Crippen molar-refractivity contribution >= 4 is 39.5 Å². The predicted molar refractivity (Wildman–Crippen MR) is 90.0 cm³/mol. The van der Waals surface area contributed by atoms with Crippen molar-refractivity contribution in [2.75, 3.05) is 29.0 Å². The molecule has 0 aliphatic rings. The maximum absolute atomic E-state index is 5.78. The van der Waals surface area contributed by atoms with Crippen molar-refractivity contribution in [2.24, 2.45) is 0 Å². The highest BCUT2D eigenvalue weighted by atomic mass is 79.9. The van der Waals surface area contributed by atoms with Crippen LogP contribution in [0.15, 0.2) is 22.7 Å². The average Bonchev–Trinajstić information content (AvgIpc) is 2.44. The molecule has 1 aromatic heterocycles. The predicted octanol–water partition coefficient (Wildman–Crippen LogP) is 3.11. The van der Waals surface area contributed by atoms with Crippen LogP contribution < -0.4 is 16.0 Å². The van der Waals surface area contributed by atoms with Gasteiger partial charge in [-0.25, -0.2) is 0 Å². The maximum atomic E-state index is 5.78. The van der Waals surface area contributed by atoms with Gasteiger partial charge in [0.2, 0.25) is 17.8 Å². The number of aromatic nitrogens is 3. The summed E-state index contributed by atoms with van der Waals surface area (Å²) in [6, 6.07) is 5.96. The summed E-state index contributed by atoms with van der Waals surface area (Å²) < 4.78 is 1.03. The molecule has 0 amide bonds. The Kier molecular flexibility index (Phi) is 4.95. The zero-order valence-electron chi connectivity index (χ0n) is 12.4. The van der Waals surface area contributed by atoms with E-state index < -0.39 is 0 Å². The fourth-order valence-electron chi connectivity index (χ4n) is 1.88. The van der Waals surface area contributed by atoms with E-state index in [0.29, 0.717) is 11.9 Å². The van der Waals surface area contributed by atoms with Crippen molar-refractivity contribution in [1.82, 2.24) is 15.0 Å². The van der Waals surface area contributed by atoms with Gasteiger partial charge in [0.25, 0.3) is 0 Å². The molecule has 6 nitrogen and oxygen atoms in total. The zero-order valence-corrected chi connectivity index (χ0v) is 14.0. The number of nitrogens with zero attached hydrogens (tertiary/aromatic N) is 4. The third-order valence-electron chi connectivity index (χ3n) is 3.12. The number of nitrogens with one attached hydrogen (secondary N) is 1. The monoisotopic (exact) mass is 350 g/mol. The number of hydrogen-bond donors (Lipinski definition) is 2. The first-order valence-corrected chi connectivity index (χ1v) is 7.62.